The van der Waals surface area contributed by atoms with E-state index in [9.17, 15) is 14.4 Å². The van der Waals surface area contributed by atoms with E-state index in [-0.39, 0.29) is 23.9 Å². The number of carbonyl (C=O) groups excluding carboxylic acids is 3. The smallest absolute Gasteiger partial charge is 0.321 e. The van der Waals surface area contributed by atoms with Gasteiger partial charge in [0.05, 0.1) is 6.54 Å². The van der Waals surface area contributed by atoms with Crippen LogP contribution in [0, 0.1) is 0 Å². The van der Waals surface area contributed by atoms with Gasteiger partial charge >= 0.3 is 6.03 Å². The van der Waals surface area contributed by atoms with Gasteiger partial charge in [-0.1, -0.05) is 0 Å². The molecule has 1 atom stereocenters. The van der Waals surface area contributed by atoms with Crippen LogP contribution in [-0.4, -0.2) is 96.9 Å². The number of likely N-dealkylation sites (N-methyl/N-ethyl adjacent to an activating group) is 1. The van der Waals surface area contributed by atoms with Gasteiger partial charge in [-0.25, -0.2) is 4.79 Å². The van der Waals surface area contributed by atoms with Crippen LogP contribution >= 0.6 is 0 Å². The first kappa shape index (κ1) is 22.1. The molecule has 3 rings (SSSR count). The van der Waals surface area contributed by atoms with Crippen LogP contribution in [0.3, 0.4) is 0 Å². The zero-order valence-electron chi connectivity index (χ0n) is 18.3. The number of carbonyl (C=O) groups is 3. The first-order valence-electron chi connectivity index (χ1n) is 10.7. The minimum absolute atomic E-state index is 0.0588. The highest BCUT2D eigenvalue weighted by Gasteiger charge is 2.25. The maximum absolute atomic E-state index is 12.7. The van der Waals surface area contributed by atoms with Crippen molar-refractivity contribution in [1.82, 2.24) is 19.6 Å². The predicted octanol–water partition coefficient (Wildman–Crippen LogP) is 1.94. The van der Waals surface area contributed by atoms with Crippen molar-refractivity contribution in [1.29, 1.82) is 0 Å². The summed E-state index contributed by atoms with van der Waals surface area (Å²) in [6.07, 6.45) is 3.29. The molecule has 30 heavy (non-hydrogen) atoms. The zero-order valence-corrected chi connectivity index (χ0v) is 18.3. The van der Waals surface area contributed by atoms with Gasteiger partial charge in [0.1, 0.15) is 0 Å². The van der Waals surface area contributed by atoms with E-state index in [1.807, 2.05) is 4.90 Å². The molecule has 8 nitrogen and oxygen atoms in total. The van der Waals surface area contributed by atoms with E-state index in [1.165, 1.54) is 6.42 Å². The summed E-state index contributed by atoms with van der Waals surface area (Å²) in [5.41, 5.74) is 1.33. The summed E-state index contributed by atoms with van der Waals surface area (Å²) < 4.78 is 0. The largest absolute Gasteiger partial charge is 0.348 e. The lowest BCUT2D eigenvalue weighted by Crippen LogP contribution is -2.52. The molecule has 164 valence electrons. The molecule has 2 aliphatic heterocycles. The molecule has 0 unspecified atom stereocenters. The summed E-state index contributed by atoms with van der Waals surface area (Å²) in [7, 11) is 3.50. The van der Waals surface area contributed by atoms with Crippen LogP contribution in [0.4, 0.5) is 10.5 Å². The number of hydrogen-bond acceptors (Lipinski definition) is 4. The highest BCUT2D eigenvalue weighted by Crippen LogP contribution is 2.20. The summed E-state index contributed by atoms with van der Waals surface area (Å²) >= 11 is 0. The van der Waals surface area contributed by atoms with E-state index in [0.29, 0.717) is 44.0 Å². The van der Waals surface area contributed by atoms with Gasteiger partial charge in [-0.05, 0) is 50.5 Å². The lowest BCUT2D eigenvalue weighted by molar-refractivity contribution is -0.130. The molecule has 0 aliphatic carbocycles. The molecule has 1 aromatic rings. The number of rotatable bonds is 4. The molecule has 4 amide bonds. The molecular formula is C22H33N5O3. The third-order valence-electron chi connectivity index (χ3n) is 5.96. The van der Waals surface area contributed by atoms with Gasteiger partial charge in [-0.3, -0.25) is 14.5 Å². The number of amides is 4. The quantitative estimate of drug-likeness (QED) is 0.815. The maximum atomic E-state index is 12.7. The SMILES string of the molecule is C[C@@H]1CCCCN1C(=O)c1ccc(NC(=O)N2CCN(CC(=O)N(C)C)CC2)cc1. The van der Waals surface area contributed by atoms with Crippen molar-refractivity contribution < 1.29 is 14.4 Å². The summed E-state index contributed by atoms with van der Waals surface area (Å²) in [6.45, 7) is 5.80. The molecule has 1 N–H and O–H groups in total. The normalized spacial score (nSPS) is 20.0. The highest BCUT2D eigenvalue weighted by molar-refractivity contribution is 5.95. The second-order valence-corrected chi connectivity index (χ2v) is 8.40. The zero-order chi connectivity index (χ0) is 21.7. The van der Waals surface area contributed by atoms with Crippen LogP contribution in [-0.2, 0) is 4.79 Å². The Morgan fingerprint density at radius 1 is 1.00 bits per heavy atom. The fourth-order valence-electron chi connectivity index (χ4n) is 3.91. The Morgan fingerprint density at radius 3 is 2.27 bits per heavy atom. The molecular weight excluding hydrogens is 382 g/mol. The Bertz CT molecular complexity index is 757. The van der Waals surface area contributed by atoms with Crippen molar-refractivity contribution in [3.8, 4) is 0 Å². The van der Waals surface area contributed by atoms with Gasteiger partial charge in [0.2, 0.25) is 5.91 Å². The van der Waals surface area contributed by atoms with Crippen molar-refractivity contribution in [2.45, 2.75) is 32.2 Å². The van der Waals surface area contributed by atoms with E-state index >= 15 is 0 Å². The summed E-state index contributed by atoms with van der Waals surface area (Å²) in [5.74, 6) is 0.130. The number of benzene rings is 1. The number of hydrogen-bond donors (Lipinski definition) is 1. The summed E-state index contributed by atoms with van der Waals surface area (Å²) in [6, 6.07) is 7.25. The van der Waals surface area contributed by atoms with E-state index in [4.69, 9.17) is 0 Å². The lowest BCUT2D eigenvalue weighted by atomic mass is 10.0. The topological polar surface area (TPSA) is 76.2 Å². The Balaban J connectivity index is 1.49. The number of piperazine rings is 1. The van der Waals surface area contributed by atoms with Gasteiger partial charge in [0.25, 0.3) is 5.91 Å². The molecule has 2 heterocycles. The molecule has 0 saturated carbocycles. The average molecular weight is 416 g/mol. The van der Waals surface area contributed by atoms with Gasteiger partial charge in [-0.2, -0.15) is 0 Å². The molecule has 0 bridgehead atoms. The molecule has 2 saturated heterocycles. The number of anilines is 1. The number of urea groups is 1. The Labute approximate surface area is 178 Å². The van der Waals surface area contributed by atoms with E-state index in [2.05, 4.69) is 17.1 Å². The van der Waals surface area contributed by atoms with E-state index < -0.39 is 0 Å². The minimum atomic E-state index is -0.155. The Morgan fingerprint density at radius 2 is 1.67 bits per heavy atom. The monoisotopic (exact) mass is 415 g/mol. The molecule has 0 aromatic heterocycles. The first-order valence-corrected chi connectivity index (χ1v) is 10.7. The molecule has 1 aromatic carbocycles. The predicted molar refractivity (Wildman–Crippen MR) is 117 cm³/mol. The molecule has 2 aliphatic rings. The van der Waals surface area contributed by atoms with Crippen molar-refractivity contribution in [3.05, 3.63) is 29.8 Å². The number of likely N-dealkylation sites (tertiary alicyclic amines) is 1. The maximum Gasteiger partial charge on any atom is 0.321 e. The Hall–Kier alpha value is -2.61. The van der Waals surface area contributed by atoms with Gasteiger partial charge in [-0.15, -0.1) is 0 Å². The fraction of sp³-hybridized carbons (Fsp3) is 0.591. The van der Waals surface area contributed by atoms with E-state index in [1.54, 1.807) is 48.2 Å². The average Bonchev–Trinajstić information content (AvgIpc) is 2.74. The second-order valence-electron chi connectivity index (χ2n) is 8.40. The van der Waals surface area contributed by atoms with Crippen molar-refractivity contribution in [2.24, 2.45) is 0 Å². The second kappa shape index (κ2) is 9.93. The van der Waals surface area contributed by atoms with Crippen LogP contribution in [0.1, 0.15) is 36.5 Å². The van der Waals surface area contributed by atoms with Crippen molar-refractivity contribution in [3.63, 3.8) is 0 Å². The van der Waals surface area contributed by atoms with Gasteiger partial charge in [0.15, 0.2) is 0 Å². The van der Waals surface area contributed by atoms with Gasteiger partial charge in [0, 0.05) is 64.1 Å². The summed E-state index contributed by atoms with van der Waals surface area (Å²) in [4.78, 5) is 44.5. The number of nitrogens with one attached hydrogen (secondary N) is 1. The van der Waals surface area contributed by atoms with Crippen LogP contribution in [0.2, 0.25) is 0 Å². The van der Waals surface area contributed by atoms with Gasteiger partial charge < -0.3 is 20.0 Å². The highest BCUT2D eigenvalue weighted by atomic mass is 16.2. The number of piperidine rings is 1. The lowest BCUT2D eigenvalue weighted by Gasteiger charge is -2.34. The molecule has 2 fully saturated rings. The van der Waals surface area contributed by atoms with Crippen LogP contribution in [0.15, 0.2) is 24.3 Å². The molecule has 0 radical (unpaired) electrons. The van der Waals surface area contributed by atoms with Crippen LogP contribution in [0.25, 0.3) is 0 Å². The van der Waals surface area contributed by atoms with E-state index in [0.717, 1.165) is 19.4 Å². The Kier molecular flexibility index (Phi) is 7.31. The number of nitrogens with zero attached hydrogens (tertiary/aromatic N) is 4. The molecule has 8 heteroatoms. The van der Waals surface area contributed by atoms with Crippen LogP contribution < -0.4 is 5.32 Å². The standard InChI is InChI=1S/C22H33N5O3/c1-17-6-4-5-11-27(17)21(29)18-7-9-19(10-8-18)23-22(30)26-14-12-25(13-15-26)16-20(28)24(2)3/h7-10,17H,4-6,11-16H2,1-3H3,(H,23,30)/t17-/m1/s1. The third kappa shape index (κ3) is 5.50. The summed E-state index contributed by atoms with van der Waals surface area (Å²) in [5, 5.41) is 2.91. The van der Waals surface area contributed by atoms with Crippen molar-refractivity contribution in [2.75, 3.05) is 58.7 Å². The fourth-order valence-corrected chi connectivity index (χ4v) is 3.91. The third-order valence-corrected chi connectivity index (χ3v) is 5.96. The molecule has 0 spiro atoms. The van der Waals surface area contributed by atoms with Crippen LogP contribution in [0.5, 0.6) is 0 Å². The first-order chi connectivity index (χ1) is 14.3. The van der Waals surface area contributed by atoms with Crippen molar-refractivity contribution >= 4 is 23.5 Å². The minimum Gasteiger partial charge on any atom is -0.348 e.